The predicted octanol–water partition coefficient (Wildman–Crippen LogP) is 13.2. The highest BCUT2D eigenvalue weighted by Gasteiger charge is 2.41. The normalized spacial score (nSPS) is 13.9. The van der Waals surface area contributed by atoms with E-state index in [0.717, 1.165) is 57.5 Å². The molecule has 1 unspecified atom stereocenters. The van der Waals surface area contributed by atoms with Crippen LogP contribution in [0.2, 0.25) is 0 Å². The van der Waals surface area contributed by atoms with Gasteiger partial charge >= 0.3 is 0 Å². The van der Waals surface area contributed by atoms with Crippen LogP contribution in [0.1, 0.15) is 12.0 Å². The summed E-state index contributed by atoms with van der Waals surface area (Å²) >= 11 is 0. The Hall–Kier alpha value is -6.35. The molecule has 0 saturated carbocycles. The molecule has 8 rings (SSSR count). The lowest BCUT2D eigenvalue weighted by Gasteiger charge is -2.50. The summed E-state index contributed by atoms with van der Waals surface area (Å²) in [6, 6.07) is 72.5. The van der Waals surface area contributed by atoms with Gasteiger partial charge in [-0.05, 0) is 97.4 Å². The zero-order valence-electron chi connectivity index (χ0n) is 29.5. The van der Waals surface area contributed by atoms with Crippen LogP contribution in [0.15, 0.2) is 223 Å². The third-order valence-electron chi connectivity index (χ3n) is 9.51. The van der Waals surface area contributed by atoms with Gasteiger partial charge in [-0.15, -0.1) is 0 Å². The van der Waals surface area contributed by atoms with Gasteiger partial charge in [-0.2, -0.15) is 0 Å². The molecule has 0 saturated heterocycles. The van der Waals surface area contributed by atoms with Crippen LogP contribution < -0.4 is 14.2 Å². The maximum atomic E-state index is 5.73. The molecule has 1 heterocycles. The zero-order valence-corrected chi connectivity index (χ0v) is 30.4. The predicted molar refractivity (Wildman–Crippen MR) is 229 cm³/mol. The molecule has 0 amide bonds. The Morgan fingerprint density at radius 2 is 0.792 bits per heavy atom. The van der Waals surface area contributed by atoms with Crippen molar-refractivity contribution in [2.24, 2.45) is 4.99 Å². The van der Waals surface area contributed by atoms with Crippen molar-refractivity contribution in [1.82, 2.24) is 0 Å². The molecule has 0 bridgehead atoms. The summed E-state index contributed by atoms with van der Waals surface area (Å²) in [5.41, 5.74) is 9.58. The van der Waals surface area contributed by atoms with Gasteiger partial charge in [-0.25, -0.2) is 0 Å². The van der Waals surface area contributed by atoms with Crippen molar-refractivity contribution in [3.05, 3.63) is 224 Å². The van der Waals surface area contributed by atoms with E-state index in [2.05, 4.69) is 233 Å². The summed E-state index contributed by atoms with van der Waals surface area (Å²) in [7, 11) is -2.77. The standard InChI is InChI=1S/C48H41N4P/c1-53(51(42-27-12-4-13-28-42)43-29-14-5-15-30-43,52(44-31-16-6-17-32-44)45-33-18-7-19-34-45)48-37-21-36-47(49-48)39-22-20-35-46(38-39)50(40-23-8-2-9-24-40)41-25-10-3-11-26-41/h2-36,38,48H,1,37H2. The summed E-state index contributed by atoms with van der Waals surface area (Å²) in [6.45, 7) is 0. The van der Waals surface area contributed by atoms with Gasteiger partial charge in [0.15, 0.2) is 0 Å². The smallest absolute Gasteiger partial charge is 0.108 e. The fourth-order valence-corrected chi connectivity index (χ4v) is 10.7. The van der Waals surface area contributed by atoms with Crippen molar-refractivity contribution < 1.29 is 0 Å². The molecule has 1 aliphatic heterocycles. The first kappa shape index (κ1) is 33.8. The number of para-hydroxylation sites is 6. The Labute approximate surface area is 313 Å². The molecule has 7 aromatic rings. The Kier molecular flexibility index (Phi) is 9.87. The van der Waals surface area contributed by atoms with E-state index in [0.29, 0.717) is 0 Å². The number of dihydropyridines is 1. The molecule has 0 fully saturated rings. The molecule has 0 spiro atoms. The van der Waals surface area contributed by atoms with Gasteiger partial charge in [0.2, 0.25) is 0 Å². The van der Waals surface area contributed by atoms with E-state index in [1.54, 1.807) is 0 Å². The number of hydrogen-bond donors (Lipinski definition) is 0. The largest absolute Gasteiger partial charge is 0.310 e. The van der Waals surface area contributed by atoms with Gasteiger partial charge in [-0.1, -0.05) is 134 Å². The second-order valence-corrected chi connectivity index (χ2v) is 15.9. The molecular weight excluding hydrogens is 664 g/mol. The lowest BCUT2D eigenvalue weighted by molar-refractivity contribution is 0.895. The second-order valence-electron chi connectivity index (χ2n) is 12.9. The minimum Gasteiger partial charge on any atom is -0.310 e. The van der Waals surface area contributed by atoms with E-state index >= 15 is 0 Å². The van der Waals surface area contributed by atoms with Gasteiger partial charge in [-0.3, -0.25) is 4.99 Å². The molecule has 53 heavy (non-hydrogen) atoms. The molecule has 0 N–H and O–H groups in total. The quantitative estimate of drug-likeness (QED) is 0.125. The number of allylic oxidation sites excluding steroid dienone is 1. The van der Waals surface area contributed by atoms with Crippen LogP contribution in [0.4, 0.5) is 39.8 Å². The molecule has 258 valence electrons. The summed E-state index contributed by atoms with van der Waals surface area (Å²) in [5, 5.41) is 0. The van der Waals surface area contributed by atoms with E-state index in [4.69, 9.17) is 11.3 Å². The Morgan fingerprint density at radius 3 is 1.19 bits per heavy atom. The minimum absolute atomic E-state index is 0.189. The number of anilines is 7. The van der Waals surface area contributed by atoms with Crippen LogP contribution in [0.25, 0.3) is 0 Å². The van der Waals surface area contributed by atoms with Crippen molar-refractivity contribution in [2.75, 3.05) is 14.2 Å². The molecular formula is C48H41N4P. The zero-order chi connectivity index (χ0) is 35.9. The average molecular weight is 705 g/mol. The highest BCUT2D eigenvalue weighted by Crippen LogP contribution is 2.67. The monoisotopic (exact) mass is 704 g/mol. The minimum atomic E-state index is -2.77. The van der Waals surface area contributed by atoms with Gasteiger partial charge in [0.25, 0.3) is 0 Å². The Morgan fingerprint density at radius 1 is 0.434 bits per heavy atom. The van der Waals surface area contributed by atoms with Crippen molar-refractivity contribution >= 4 is 59.0 Å². The Balaban J connectivity index is 1.32. The van der Waals surface area contributed by atoms with Crippen LogP contribution in [-0.2, 0) is 0 Å². The second kappa shape index (κ2) is 15.5. The molecule has 7 aromatic carbocycles. The van der Waals surface area contributed by atoms with Crippen molar-refractivity contribution in [3.8, 4) is 0 Å². The van der Waals surface area contributed by atoms with Gasteiger partial charge < -0.3 is 14.2 Å². The molecule has 0 aromatic heterocycles. The van der Waals surface area contributed by atoms with Crippen LogP contribution in [0, 0.1) is 0 Å². The van der Waals surface area contributed by atoms with E-state index in [1.165, 1.54) is 0 Å². The lowest BCUT2D eigenvalue weighted by atomic mass is 10.1. The first-order chi connectivity index (χ1) is 26.2. The van der Waals surface area contributed by atoms with Crippen molar-refractivity contribution in [1.29, 1.82) is 0 Å². The van der Waals surface area contributed by atoms with E-state index < -0.39 is 7.19 Å². The third-order valence-corrected chi connectivity index (χ3v) is 13.1. The maximum Gasteiger partial charge on any atom is 0.108 e. The van der Waals surface area contributed by atoms with E-state index in [1.807, 2.05) is 0 Å². The van der Waals surface area contributed by atoms with Crippen LogP contribution in [0.5, 0.6) is 0 Å². The van der Waals surface area contributed by atoms with Gasteiger partial charge in [0.1, 0.15) is 5.78 Å². The SMILES string of the molecule is C=P(C1CC=CC(c2cccc(N(c3ccccc3)c3ccccc3)c2)=N1)(N(c1ccccc1)c1ccccc1)N(c1ccccc1)c1ccccc1. The summed E-state index contributed by atoms with van der Waals surface area (Å²) in [5.74, 6) is -0.189. The van der Waals surface area contributed by atoms with E-state index in [9.17, 15) is 0 Å². The van der Waals surface area contributed by atoms with Gasteiger partial charge in [0.05, 0.1) is 12.9 Å². The number of hydrogen-bond acceptors (Lipinski definition) is 4. The lowest BCUT2D eigenvalue weighted by Crippen LogP contribution is -2.33. The highest BCUT2D eigenvalue weighted by molar-refractivity contribution is 7.78. The average Bonchev–Trinajstić information content (AvgIpc) is 3.24. The molecule has 0 aliphatic carbocycles. The van der Waals surface area contributed by atoms with Crippen molar-refractivity contribution in [3.63, 3.8) is 0 Å². The topological polar surface area (TPSA) is 22.1 Å². The maximum absolute atomic E-state index is 5.73. The van der Waals surface area contributed by atoms with E-state index in [-0.39, 0.29) is 5.78 Å². The number of benzene rings is 7. The summed E-state index contributed by atoms with van der Waals surface area (Å²) in [4.78, 5) is 8.03. The van der Waals surface area contributed by atoms with Crippen molar-refractivity contribution in [2.45, 2.75) is 12.2 Å². The third kappa shape index (κ3) is 6.98. The Bertz CT molecular complexity index is 2140. The molecule has 0 radical (unpaired) electrons. The van der Waals surface area contributed by atoms with Crippen LogP contribution >= 0.6 is 7.19 Å². The van der Waals surface area contributed by atoms with Gasteiger partial charge in [0, 0.05) is 45.4 Å². The summed E-state index contributed by atoms with van der Waals surface area (Å²) < 4.78 is 4.95. The first-order valence-electron chi connectivity index (χ1n) is 18.0. The number of aliphatic imine (C=N–C) groups is 1. The number of nitrogens with zero attached hydrogens (tertiary/aromatic N) is 4. The fraction of sp³-hybridized carbons (Fsp3) is 0.0417. The fourth-order valence-electron chi connectivity index (χ4n) is 7.13. The van der Waals surface area contributed by atoms with Crippen LogP contribution in [0.3, 0.4) is 0 Å². The van der Waals surface area contributed by atoms with Crippen LogP contribution in [-0.4, -0.2) is 17.8 Å². The molecule has 1 atom stereocenters. The highest BCUT2D eigenvalue weighted by atomic mass is 31.2. The number of rotatable bonds is 11. The molecule has 4 nitrogen and oxygen atoms in total. The summed E-state index contributed by atoms with van der Waals surface area (Å²) in [6.07, 6.45) is 10.6. The molecule has 1 aliphatic rings. The first-order valence-corrected chi connectivity index (χ1v) is 19.9. The molecule has 5 heteroatoms.